The predicted octanol–water partition coefficient (Wildman–Crippen LogP) is -0.464. The highest BCUT2D eigenvalue weighted by molar-refractivity contribution is 5.94. The zero-order chi connectivity index (χ0) is 28.7. The molecule has 0 saturated heterocycles. The summed E-state index contributed by atoms with van der Waals surface area (Å²) in [4.78, 5) is 61.8. The van der Waals surface area contributed by atoms with E-state index in [0.29, 0.717) is 19.4 Å². The van der Waals surface area contributed by atoms with Gasteiger partial charge in [0.1, 0.15) is 18.1 Å². The molecule has 0 aliphatic rings. The Hall–Kier alpha value is -3.51. The number of carboxylic acids is 1. The minimum atomic E-state index is -1.18. The number of benzene rings is 1. The molecule has 0 aliphatic heterocycles. The maximum atomic E-state index is 13.3. The molecule has 0 aromatic heterocycles. The molecule has 0 heterocycles. The number of carboxylic acid groups (broad SMARTS) is 1. The molecule has 12 heteroatoms. The van der Waals surface area contributed by atoms with Gasteiger partial charge in [-0.15, -0.1) is 0 Å². The van der Waals surface area contributed by atoms with Gasteiger partial charge in [0.25, 0.3) is 0 Å². The first kappa shape index (κ1) is 32.5. The van der Waals surface area contributed by atoms with Gasteiger partial charge in [-0.1, -0.05) is 44.2 Å². The zero-order valence-electron chi connectivity index (χ0n) is 22.2. The van der Waals surface area contributed by atoms with Gasteiger partial charge in [-0.2, -0.15) is 0 Å². The molecule has 0 radical (unpaired) electrons. The number of hydrogen-bond acceptors (Lipinski definition) is 7. The second-order valence-corrected chi connectivity index (χ2v) is 9.74. The van der Waals surface area contributed by atoms with Crippen LogP contribution < -0.4 is 33.2 Å². The summed E-state index contributed by atoms with van der Waals surface area (Å²) in [5.41, 5.74) is 17.2. The Morgan fingerprint density at radius 2 is 1.42 bits per heavy atom. The lowest BCUT2D eigenvalue weighted by molar-refractivity contribution is -0.142. The van der Waals surface area contributed by atoms with Gasteiger partial charge >= 0.3 is 5.97 Å². The Kier molecular flexibility index (Phi) is 14.6. The summed E-state index contributed by atoms with van der Waals surface area (Å²) in [6.45, 7) is 4.14. The fourth-order valence-electron chi connectivity index (χ4n) is 3.76. The molecule has 4 unspecified atom stereocenters. The summed E-state index contributed by atoms with van der Waals surface area (Å²) >= 11 is 0. The fraction of sp³-hybridized carbons (Fsp3) is 0.577. The van der Waals surface area contributed by atoms with E-state index in [4.69, 9.17) is 17.2 Å². The lowest BCUT2D eigenvalue weighted by Crippen LogP contribution is -2.57. The van der Waals surface area contributed by atoms with Crippen LogP contribution in [0.15, 0.2) is 30.3 Å². The second kappa shape index (κ2) is 17.1. The molecule has 0 aliphatic carbocycles. The van der Waals surface area contributed by atoms with Crippen LogP contribution in [0.4, 0.5) is 0 Å². The fourth-order valence-corrected chi connectivity index (χ4v) is 3.76. The van der Waals surface area contributed by atoms with Crippen molar-refractivity contribution in [3.05, 3.63) is 35.9 Å². The van der Waals surface area contributed by atoms with E-state index < -0.39 is 53.8 Å². The van der Waals surface area contributed by atoms with Gasteiger partial charge < -0.3 is 38.3 Å². The molecule has 4 atom stereocenters. The normalized spacial score (nSPS) is 14.1. The number of nitrogens with one attached hydrogen (secondary N) is 3. The van der Waals surface area contributed by atoms with E-state index in [2.05, 4.69) is 16.0 Å². The predicted molar refractivity (Wildman–Crippen MR) is 142 cm³/mol. The van der Waals surface area contributed by atoms with E-state index >= 15 is 0 Å². The average Bonchev–Trinajstić information content (AvgIpc) is 2.85. The van der Waals surface area contributed by atoms with E-state index in [1.807, 2.05) is 19.9 Å². The van der Waals surface area contributed by atoms with Gasteiger partial charge in [0.05, 0.1) is 6.04 Å². The topological polar surface area (TPSA) is 220 Å². The van der Waals surface area contributed by atoms with Crippen molar-refractivity contribution < 1.29 is 29.1 Å². The van der Waals surface area contributed by atoms with Crippen molar-refractivity contribution in [2.45, 2.75) is 83.0 Å². The van der Waals surface area contributed by atoms with Gasteiger partial charge in [-0.25, -0.2) is 4.79 Å². The molecule has 0 bridgehead atoms. The maximum absolute atomic E-state index is 13.3. The van der Waals surface area contributed by atoms with Crippen molar-refractivity contribution in [3.63, 3.8) is 0 Å². The molecule has 10 N–H and O–H groups in total. The van der Waals surface area contributed by atoms with Gasteiger partial charge in [-0.3, -0.25) is 19.2 Å². The summed E-state index contributed by atoms with van der Waals surface area (Å²) in [5.74, 6) is -3.68. The monoisotopic (exact) mass is 534 g/mol. The molecular weight excluding hydrogens is 492 g/mol. The van der Waals surface area contributed by atoms with Crippen LogP contribution in [-0.4, -0.2) is 65.4 Å². The molecule has 1 aromatic rings. The molecule has 1 aromatic carbocycles. The SMILES string of the molecule is CC(C)CC(NC(=O)C(Cc1ccccc1)NC(=O)C(N)CCC(N)=O)C(=O)NC(CCCCN)C(=O)O. The number of aliphatic carboxylic acids is 1. The third-order valence-corrected chi connectivity index (χ3v) is 5.86. The number of carbonyl (C=O) groups excluding carboxylic acids is 4. The number of primary amides is 1. The van der Waals surface area contributed by atoms with Crippen LogP contribution in [-0.2, 0) is 30.4 Å². The van der Waals surface area contributed by atoms with Crippen molar-refractivity contribution in [2.75, 3.05) is 6.54 Å². The van der Waals surface area contributed by atoms with E-state index in [0.717, 1.165) is 5.56 Å². The molecule has 12 nitrogen and oxygen atoms in total. The number of carbonyl (C=O) groups is 5. The summed E-state index contributed by atoms with van der Waals surface area (Å²) < 4.78 is 0. The lowest BCUT2D eigenvalue weighted by atomic mass is 10.00. The van der Waals surface area contributed by atoms with Crippen LogP contribution in [0.25, 0.3) is 0 Å². The minimum Gasteiger partial charge on any atom is -0.480 e. The van der Waals surface area contributed by atoms with Crippen LogP contribution >= 0.6 is 0 Å². The number of rotatable bonds is 18. The largest absolute Gasteiger partial charge is 0.480 e. The van der Waals surface area contributed by atoms with Crippen LogP contribution in [0.2, 0.25) is 0 Å². The Morgan fingerprint density at radius 3 is 1.97 bits per heavy atom. The molecule has 0 fully saturated rings. The van der Waals surface area contributed by atoms with Gasteiger partial charge in [-0.05, 0) is 50.1 Å². The van der Waals surface area contributed by atoms with E-state index in [1.54, 1.807) is 24.3 Å². The van der Waals surface area contributed by atoms with E-state index in [9.17, 15) is 29.1 Å². The Labute approximate surface area is 223 Å². The molecule has 212 valence electrons. The number of unbranched alkanes of at least 4 members (excludes halogenated alkanes) is 1. The highest BCUT2D eigenvalue weighted by Crippen LogP contribution is 2.10. The van der Waals surface area contributed by atoms with Crippen molar-refractivity contribution in [1.82, 2.24) is 16.0 Å². The molecule has 0 spiro atoms. The third-order valence-electron chi connectivity index (χ3n) is 5.86. The summed E-state index contributed by atoms with van der Waals surface area (Å²) in [7, 11) is 0. The Bertz CT molecular complexity index is 926. The number of amides is 4. The molecular formula is C26H42N6O6. The molecule has 1 rings (SSSR count). The minimum absolute atomic E-state index is 0.00375. The molecule has 38 heavy (non-hydrogen) atoms. The van der Waals surface area contributed by atoms with Crippen LogP contribution in [0.3, 0.4) is 0 Å². The number of nitrogens with two attached hydrogens (primary N) is 3. The second-order valence-electron chi connectivity index (χ2n) is 9.74. The standard InChI is InChI=1S/C26H42N6O6/c1-16(2)14-20(24(35)30-19(26(37)38)10-6-7-13-27)32-25(36)21(15-17-8-4-3-5-9-17)31-23(34)18(28)11-12-22(29)33/h3-5,8-9,16,18-21H,6-7,10-15,27-28H2,1-2H3,(H2,29,33)(H,30,35)(H,31,34)(H,32,36)(H,37,38). The zero-order valence-corrected chi connectivity index (χ0v) is 22.2. The third kappa shape index (κ3) is 12.6. The van der Waals surface area contributed by atoms with Crippen LogP contribution in [0.5, 0.6) is 0 Å². The first-order valence-electron chi connectivity index (χ1n) is 12.9. The summed E-state index contributed by atoms with van der Waals surface area (Å²) in [5, 5.41) is 17.3. The van der Waals surface area contributed by atoms with Crippen molar-refractivity contribution >= 4 is 29.6 Å². The first-order valence-corrected chi connectivity index (χ1v) is 12.9. The lowest BCUT2D eigenvalue weighted by Gasteiger charge is -2.26. The number of hydrogen-bond donors (Lipinski definition) is 7. The quantitative estimate of drug-likeness (QED) is 0.122. The van der Waals surface area contributed by atoms with Gasteiger partial charge in [0.15, 0.2) is 0 Å². The smallest absolute Gasteiger partial charge is 0.326 e. The Balaban J connectivity index is 3.06. The van der Waals surface area contributed by atoms with Crippen LogP contribution in [0.1, 0.15) is 57.9 Å². The van der Waals surface area contributed by atoms with Crippen molar-refractivity contribution in [3.8, 4) is 0 Å². The maximum Gasteiger partial charge on any atom is 0.326 e. The molecule has 0 saturated carbocycles. The van der Waals surface area contributed by atoms with Crippen molar-refractivity contribution in [2.24, 2.45) is 23.1 Å². The average molecular weight is 535 g/mol. The van der Waals surface area contributed by atoms with E-state index in [1.165, 1.54) is 0 Å². The van der Waals surface area contributed by atoms with Gasteiger partial charge in [0, 0.05) is 12.8 Å². The van der Waals surface area contributed by atoms with Gasteiger partial charge in [0.2, 0.25) is 23.6 Å². The summed E-state index contributed by atoms with van der Waals surface area (Å²) in [6, 6.07) is 4.67. The Morgan fingerprint density at radius 1 is 0.842 bits per heavy atom. The van der Waals surface area contributed by atoms with Crippen molar-refractivity contribution in [1.29, 1.82) is 0 Å². The highest BCUT2D eigenvalue weighted by atomic mass is 16.4. The van der Waals surface area contributed by atoms with E-state index in [-0.39, 0.29) is 38.0 Å². The van der Waals surface area contributed by atoms with Crippen LogP contribution in [0, 0.1) is 5.92 Å². The summed E-state index contributed by atoms with van der Waals surface area (Å²) in [6.07, 6.45) is 1.64. The molecule has 4 amide bonds. The highest BCUT2D eigenvalue weighted by Gasteiger charge is 2.31. The first-order chi connectivity index (χ1) is 17.9.